The maximum absolute atomic E-state index is 5.40. The van der Waals surface area contributed by atoms with Crippen molar-refractivity contribution in [3.05, 3.63) is 36.9 Å². The van der Waals surface area contributed by atoms with E-state index >= 15 is 0 Å². The number of anilines is 2. The highest BCUT2D eigenvalue weighted by Gasteiger charge is 2.05. The molecule has 1 aromatic carbocycles. The number of nitrogens with one attached hydrogen (secondary N) is 2. The minimum atomic E-state index is 0.642. The van der Waals surface area contributed by atoms with E-state index in [2.05, 4.69) is 25.3 Å². The van der Waals surface area contributed by atoms with Crippen LogP contribution in [0.3, 0.4) is 0 Å². The Morgan fingerprint density at radius 1 is 1.16 bits per heavy atom. The van der Waals surface area contributed by atoms with E-state index in [1.807, 2.05) is 31.2 Å². The number of rotatable bonds is 4. The summed E-state index contributed by atoms with van der Waals surface area (Å²) < 4.78 is 5.40. The predicted octanol–water partition coefficient (Wildman–Crippen LogP) is 2.50. The van der Waals surface area contributed by atoms with E-state index in [1.54, 1.807) is 6.33 Å². The van der Waals surface area contributed by atoms with Gasteiger partial charge in [0, 0.05) is 5.69 Å². The van der Waals surface area contributed by atoms with E-state index in [0.29, 0.717) is 18.1 Å². The molecule has 3 rings (SSSR count). The van der Waals surface area contributed by atoms with E-state index in [9.17, 15) is 0 Å². The molecule has 2 aromatic heterocycles. The fraction of sp³-hybridized carbons (Fsp3) is 0.154. The molecule has 3 aromatic rings. The summed E-state index contributed by atoms with van der Waals surface area (Å²) in [5.74, 6) is 1.55. The lowest BCUT2D eigenvalue weighted by atomic mass is 10.3. The average Bonchev–Trinajstić information content (AvgIpc) is 2.91. The van der Waals surface area contributed by atoms with Crippen LogP contribution < -0.4 is 10.1 Å². The molecule has 19 heavy (non-hydrogen) atoms. The highest BCUT2D eigenvalue weighted by Crippen LogP contribution is 2.22. The van der Waals surface area contributed by atoms with Gasteiger partial charge in [0.2, 0.25) is 0 Å². The molecule has 0 radical (unpaired) electrons. The lowest BCUT2D eigenvalue weighted by molar-refractivity contribution is 0.340. The Morgan fingerprint density at radius 2 is 2.00 bits per heavy atom. The zero-order valence-electron chi connectivity index (χ0n) is 10.4. The number of hydrogen-bond acceptors (Lipinski definition) is 5. The predicted molar refractivity (Wildman–Crippen MR) is 72.6 cm³/mol. The minimum absolute atomic E-state index is 0.642. The van der Waals surface area contributed by atoms with Crippen LogP contribution in [0.4, 0.5) is 11.5 Å². The van der Waals surface area contributed by atoms with Gasteiger partial charge in [-0.25, -0.2) is 15.0 Å². The molecule has 0 atom stereocenters. The molecule has 0 spiro atoms. The van der Waals surface area contributed by atoms with Crippen molar-refractivity contribution in [2.24, 2.45) is 0 Å². The molecule has 2 heterocycles. The van der Waals surface area contributed by atoms with Crippen LogP contribution in [0, 0.1) is 0 Å². The van der Waals surface area contributed by atoms with Crippen LogP contribution in [0.5, 0.6) is 5.75 Å². The van der Waals surface area contributed by atoms with Gasteiger partial charge in [-0.15, -0.1) is 0 Å². The summed E-state index contributed by atoms with van der Waals surface area (Å²) in [6.45, 7) is 2.62. The first-order valence-electron chi connectivity index (χ1n) is 6.01. The van der Waals surface area contributed by atoms with Crippen molar-refractivity contribution in [2.75, 3.05) is 11.9 Å². The molecular formula is C13H13N5O. The third-order valence-electron chi connectivity index (χ3n) is 2.65. The largest absolute Gasteiger partial charge is 0.494 e. The van der Waals surface area contributed by atoms with Crippen molar-refractivity contribution >= 4 is 22.7 Å². The summed E-state index contributed by atoms with van der Waals surface area (Å²) >= 11 is 0. The third-order valence-corrected chi connectivity index (χ3v) is 2.65. The second-order valence-electron chi connectivity index (χ2n) is 3.91. The fourth-order valence-corrected chi connectivity index (χ4v) is 1.80. The third kappa shape index (κ3) is 2.33. The Bertz CT molecular complexity index is 677. The van der Waals surface area contributed by atoms with Crippen LogP contribution in [0.15, 0.2) is 36.9 Å². The molecule has 0 aliphatic heterocycles. The first-order valence-corrected chi connectivity index (χ1v) is 6.01. The van der Waals surface area contributed by atoms with Gasteiger partial charge in [-0.1, -0.05) is 0 Å². The molecule has 6 nitrogen and oxygen atoms in total. The van der Waals surface area contributed by atoms with Crippen LogP contribution >= 0.6 is 0 Å². The lowest BCUT2D eigenvalue weighted by Gasteiger charge is -2.07. The zero-order chi connectivity index (χ0) is 13.1. The number of aromatic nitrogens is 4. The average molecular weight is 255 g/mol. The number of fused-ring (bicyclic) bond motifs is 1. The molecule has 0 fully saturated rings. The van der Waals surface area contributed by atoms with E-state index in [0.717, 1.165) is 17.0 Å². The summed E-state index contributed by atoms with van der Waals surface area (Å²) in [4.78, 5) is 15.4. The Hall–Kier alpha value is -2.63. The quantitative estimate of drug-likeness (QED) is 0.749. The Balaban J connectivity index is 1.86. The lowest BCUT2D eigenvalue weighted by Crippen LogP contribution is -1.96. The molecule has 0 saturated carbocycles. The summed E-state index contributed by atoms with van der Waals surface area (Å²) in [6.07, 6.45) is 3.09. The number of H-pyrrole nitrogens is 1. The molecule has 0 aliphatic carbocycles. The molecule has 2 N–H and O–H groups in total. The van der Waals surface area contributed by atoms with Gasteiger partial charge in [0.25, 0.3) is 0 Å². The van der Waals surface area contributed by atoms with Crippen molar-refractivity contribution < 1.29 is 4.74 Å². The van der Waals surface area contributed by atoms with Crippen molar-refractivity contribution in [3.63, 3.8) is 0 Å². The Morgan fingerprint density at radius 3 is 2.79 bits per heavy atom. The van der Waals surface area contributed by atoms with E-state index < -0.39 is 0 Å². The standard InChI is InChI=1S/C13H13N5O/c1-2-19-10-5-3-9(4-6-10)18-13-11-12(15-7-14-11)16-8-17-13/h3-8H,2H2,1H3,(H2,14,15,16,17,18). The summed E-state index contributed by atoms with van der Waals surface area (Å²) in [7, 11) is 0. The number of imidazole rings is 1. The van der Waals surface area contributed by atoms with Gasteiger partial charge in [-0.2, -0.15) is 0 Å². The van der Waals surface area contributed by atoms with Gasteiger partial charge in [-0.05, 0) is 31.2 Å². The normalized spacial score (nSPS) is 10.6. The summed E-state index contributed by atoms with van der Waals surface area (Å²) in [5, 5.41) is 3.22. The Kier molecular flexibility index (Phi) is 2.97. The van der Waals surface area contributed by atoms with Gasteiger partial charge < -0.3 is 15.0 Å². The molecule has 0 aliphatic rings. The molecule has 0 saturated heterocycles. The van der Waals surface area contributed by atoms with E-state index in [1.165, 1.54) is 6.33 Å². The zero-order valence-corrected chi connectivity index (χ0v) is 10.4. The first-order chi connectivity index (χ1) is 9.36. The van der Waals surface area contributed by atoms with Gasteiger partial charge in [-0.3, -0.25) is 0 Å². The van der Waals surface area contributed by atoms with Crippen molar-refractivity contribution in [1.29, 1.82) is 0 Å². The second kappa shape index (κ2) is 4.93. The van der Waals surface area contributed by atoms with Gasteiger partial charge in [0.05, 0.1) is 12.9 Å². The van der Waals surface area contributed by atoms with Gasteiger partial charge >= 0.3 is 0 Å². The van der Waals surface area contributed by atoms with Crippen LogP contribution in [0.25, 0.3) is 11.2 Å². The second-order valence-corrected chi connectivity index (χ2v) is 3.91. The number of hydrogen-bond donors (Lipinski definition) is 2. The van der Waals surface area contributed by atoms with Crippen molar-refractivity contribution in [2.45, 2.75) is 6.92 Å². The van der Waals surface area contributed by atoms with Crippen LogP contribution in [0.2, 0.25) is 0 Å². The van der Waals surface area contributed by atoms with Crippen LogP contribution in [0.1, 0.15) is 6.92 Å². The van der Waals surface area contributed by atoms with Crippen molar-refractivity contribution in [1.82, 2.24) is 19.9 Å². The monoisotopic (exact) mass is 255 g/mol. The van der Waals surface area contributed by atoms with Gasteiger partial charge in [0.15, 0.2) is 11.5 Å². The van der Waals surface area contributed by atoms with Crippen molar-refractivity contribution in [3.8, 4) is 5.75 Å². The number of ether oxygens (including phenoxy) is 1. The molecule has 0 unspecified atom stereocenters. The first kappa shape index (κ1) is 11.5. The number of aromatic amines is 1. The smallest absolute Gasteiger partial charge is 0.182 e. The van der Waals surface area contributed by atoms with E-state index in [4.69, 9.17) is 4.74 Å². The molecular weight excluding hydrogens is 242 g/mol. The SMILES string of the molecule is CCOc1ccc(Nc2ncnc3nc[nH]c23)cc1. The van der Waals surface area contributed by atoms with Crippen LogP contribution in [-0.2, 0) is 0 Å². The Labute approximate surface area is 109 Å². The summed E-state index contributed by atoms with van der Waals surface area (Å²) in [6, 6.07) is 7.71. The molecule has 6 heteroatoms. The molecule has 96 valence electrons. The van der Waals surface area contributed by atoms with Crippen LogP contribution in [-0.4, -0.2) is 26.5 Å². The number of nitrogens with zero attached hydrogens (tertiary/aromatic N) is 3. The summed E-state index contributed by atoms with van der Waals surface area (Å²) in [5.41, 5.74) is 2.36. The molecule has 0 bridgehead atoms. The topological polar surface area (TPSA) is 75.7 Å². The minimum Gasteiger partial charge on any atom is -0.494 e. The maximum Gasteiger partial charge on any atom is 0.182 e. The molecule has 0 amide bonds. The maximum atomic E-state index is 5.40. The van der Waals surface area contributed by atoms with E-state index in [-0.39, 0.29) is 0 Å². The highest BCUT2D eigenvalue weighted by molar-refractivity contribution is 5.84. The highest BCUT2D eigenvalue weighted by atomic mass is 16.5. The number of benzene rings is 1. The van der Waals surface area contributed by atoms with Gasteiger partial charge in [0.1, 0.15) is 17.6 Å². The fourth-order valence-electron chi connectivity index (χ4n) is 1.80.